The van der Waals surface area contributed by atoms with Gasteiger partial charge in [0.05, 0.1) is 25.0 Å². The topological polar surface area (TPSA) is 96.0 Å². The van der Waals surface area contributed by atoms with Crippen LogP contribution in [0, 0.1) is 0 Å². The Morgan fingerprint density at radius 3 is 1.32 bits per heavy atom. The number of benzene rings is 2. The van der Waals surface area contributed by atoms with Gasteiger partial charge in [-0.05, 0) is 24.0 Å². The molecule has 2 atom stereocenters. The van der Waals surface area contributed by atoms with Gasteiger partial charge in [-0.1, -0.05) is 60.7 Å². The van der Waals surface area contributed by atoms with Gasteiger partial charge in [-0.3, -0.25) is 9.59 Å². The summed E-state index contributed by atoms with van der Waals surface area (Å²) < 4.78 is 14.6. The van der Waals surface area contributed by atoms with Crippen molar-refractivity contribution in [2.24, 2.45) is 0 Å². The van der Waals surface area contributed by atoms with Gasteiger partial charge in [0.25, 0.3) is 0 Å². The van der Waals surface area contributed by atoms with Crippen LogP contribution in [0.1, 0.15) is 35.8 Å². The molecule has 2 aromatic carbocycles. The molecular weight excluding hydrogens is 447 g/mol. The summed E-state index contributed by atoms with van der Waals surface area (Å²) in [5.41, 5.74) is -0.792. The van der Waals surface area contributed by atoms with Crippen molar-refractivity contribution < 1.29 is 33.4 Å². The Morgan fingerprint density at radius 2 is 1.00 bits per heavy atom. The molecule has 0 amide bonds. The fraction of sp³-hybridized carbons (Fsp3) is 0.273. The van der Waals surface area contributed by atoms with Gasteiger partial charge in [0.2, 0.25) is 0 Å². The van der Waals surface area contributed by atoms with Crippen LogP contribution in [0.2, 0.25) is 0 Å². The molecule has 0 fully saturated rings. The zero-order valence-corrected chi connectivity index (χ0v) is 17.9. The van der Waals surface area contributed by atoms with Crippen molar-refractivity contribution >= 4 is 46.0 Å². The normalized spacial score (nSPS) is 12.3. The van der Waals surface area contributed by atoms with Crippen molar-refractivity contribution in [3.63, 3.8) is 0 Å². The number of carbonyl (C=O) groups is 4. The highest BCUT2D eigenvalue weighted by Gasteiger charge is 2.29. The molecule has 31 heavy (non-hydrogen) atoms. The average Bonchev–Trinajstić information content (AvgIpc) is 2.75. The van der Waals surface area contributed by atoms with E-state index in [1.165, 1.54) is 0 Å². The van der Waals surface area contributed by atoms with E-state index in [0.29, 0.717) is 11.1 Å². The molecule has 2 aromatic rings. The molecule has 0 aromatic heterocycles. The maximum absolute atomic E-state index is 12.8. The van der Waals surface area contributed by atoms with Gasteiger partial charge in [-0.25, -0.2) is 9.59 Å². The second-order valence-electron chi connectivity index (χ2n) is 6.42. The fourth-order valence-electron chi connectivity index (χ4n) is 2.97. The first-order valence-corrected chi connectivity index (χ1v) is 10.1. The van der Waals surface area contributed by atoms with E-state index < -0.39 is 34.6 Å². The molecule has 0 radical (unpaired) electrons. The third-order valence-electron chi connectivity index (χ3n) is 4.42. The molecule has 0 saturated carbocycles. The quantitative estimate of drug-likeness (QED) is 0.206. The first kappa shape index (κ1) is 24.4. The molecule has 0 N–H and O–H groups in total. The van der Waals surface area contributed by atoms with Crippen molar-refractivity contribution in [1.82, 2.24) is 0 Å². The number of ether oxygens (including phenoxy) is 3. The van der Waals surface area contributed by atoms with Gasteiger partial charge in [-0.15, -0.1) is 0 Å². The summed E-state index contributed by atoms with van der Waals surface area (Å²) in [6, 6.07) is 17.3. The third kappa shape index (κ3) is 8.39. The number of hydrogen-bond donors (Lipinski definition) is 0. The Kier molecular flexibility index (Phi) is 10.00. The van der Waals surface area contributed by atoms with Crippen molar-refractivity contribution in [2.75, 3.05) is 13.2 Å². The highest BCUT2D eigenvalue weighted by atomic mass is 35.5. The maximum Gasteiger partial charge on any atom is 0.403 e. The molecule has 2 rings (SSSR count). The molecule has 0 aliphatic rings. The van der Waals surface area contributed by atoms with E-state index in [2.05, 4.69) is 0 Å². The standard InChI is InChI=1S/C22H20Cl2O7/c23-21(27)29-13-11-17(15-7-3-1-4-8-15)19(25)31-20(26)18(12-14-30-22(24)28)16-9-5-2-6-10-16/h1-10,17-18H,11-14H2. The molecule has 0 saturated heterocycles. The number of rotatable bonds is 10. The molecule has 0 bridgehead atoms. The fourth-order valence-corrected chi connectivity index (χ4v) is 3.12. The summed E-state index contributed by atoms with van der Waals surface area (Å²) in [4.78, 5) is 47.3. The molecule has 7 nitrogen and oxygen atoms in total. The van der Waals surface area contributed by atoms with Crippen molar-refractivity contribution in [3.8, 4) is 0 Å². The molecule has 9 heteroatoms. The largest absolute Gasteiger partial charge is 0.454 e. The molecule has 0 aliphatic heterocycles. The molecule has 164 valence electrons. The van der Waals surface area contributed by atoms with Crippen molar-refractivity contribution in [3.05, 3.63) is 71.8 Å². The molecule has 0 spiro atoms. The van der Waals surface area contributed by atoms with E-state index in [0.717, 1.165) is 0 Å². The van der Waals surface area contributed by atoms with Gasteiger partial charge in [0.1, 0.15) is 0 Å². The predicted molar refractivity (Wildman–Crippen MR) is 113 cm³/mol. The van der Waals surface area contributed by atoms with Crippen molar-refractivity contribution in [1.29, 1.82) is 0 Å². The van der Waals surface area contributed by atoms with Gasteiger partial charge in [-0.2, -0.15) is 0 Å². The zero-order chi connectivity index (χ0) is 22.6. The molecule has 0 heterocycles. The third-order valence-corrected chi connectivity index (χ3v) is 4.64. The van der Waals surface area contributed by atoms with Crippen LogP contribution in [0.15, 0.2) is 60.7 Å². The number of halogens is 2. The minimum atomic E-state index is -0.991. The smallest absolute Gasteiger partial charge is 0.403 e. The summed E-state index contributed by atoms with van der Waals surface area (Å²) in [6.07, 6.45) is 0.156. The minimum absolute atomic E-state index is 0.0778. The zero-order valence-electron chi connectivity index (χ0n) is 16.4. The second kappa shape index (κ2) is 12.7. The number of hydrogen-bond acceptors (Lipinski definition) is 7. The Morgan fingerprint density at radius 1 is 0.645 bits per heavy atom. The summed E-state index contributed by atoms with van der Waals surface area (Å²) >= 11 is 10.3. The van der Waals surface area contributed by atoms with E-state index >= 15 is 0 Å². The molecule has 2 unspecified atom stereocenters. The maximum atomic E-state index is 12.8. The summed E-state index contributed by atoms with van der Waals surface area (Å²) in [5.74, 6) is -3.29. The van der Waals surface area contributed by atoms with Crippen LogP contribution in [0.25, 0.3) is 0 Å². The first-order chi connectivity index (χ1) is 14.9. The second-order valence-corrected chi connectivity index (χ2v) is 7.03. The van der Waals surface area contributed by atoms with Crippen LogP contribution in [-0.4, -0.2) is 36.0 Å². The van der Waals surface area contributed by atoms with E-state index in [1.807, 2.05) is 0 Å². The van der Waals surface area contributed by atoms with Crippen LogP contribution in [0.3, 0.4) is 0 Å². The van der Waals surface area contributed by atoms with Crippen LogP contribution in [0.5, 0.6) is 0 Å². The minimum Gasteiger partial charge on any atom is -0.454 e. The monoisotopic (exact) mass is 466 g/mol. The highest BCUT2D eigenvalue weighted by molar-refractivity contribution is 6.61. The van der Waals surface area contributed by atoms with E-state index in [9.17, 15) is 19.2 Å². The average molecular weight is 467 g/mol. The van der Waals surface area contributed by atoms with Crippen LogP contribution in [-0.2, 0) is 23.8 Å². The van der Waals surface area contributed by atoms with Gasteiger partial charge in [0.15, 0.2) is 0 Å². The SMILES string of the molecule is O=C(Cl)OCCC(C(=O)OC(=O)C(CCOC(=O)Cl)c1ccccc1)c1ccccc1. The van der Waals surface area contributed by atoms with Gasteiger partial charge in [0, 0.05) is 23.2 Å². The van der Waals surface area contributed by atoms with Gasteiger partial charge < -0.3 is 14.2 Å². The summed E-state index contributed by atoms with van der Waals surface area (Å²) in [5, 5.41) is 0. The Balaban J connectivity index is 2.14. The Hall–Kier alpha value is -2.90. The van der Waals surface area contributed by atoms with E-state index in [1.54, 1.807) is 60.7 Å². The summed E-state index contributed by atoms with van der Waals surface area (Å²) in [6.45, 7) is -0.252. The molecule has 0 aliphatic carbocycles. The Labute approximate surface area is 189 Å². The lowest BCUT2D eigenvalue weighted by molar-refractivity contribution is -0.162. The van der Waals surface area contributed by atoms with Crippen molar-refractivity contribution in [2.45, 2.75) is 24.7 Å². The predicted octanol–water partition coefficient (Wildman–Crippen LogP) is 5.15. The lowest BCUT2D eigenvalue weighted by atomic mass is 9.95. The van der Waals surface area contributed by atoms with Crippen LogP contribution in [0.4, 0.5) is 9.59 Å². The lowest BCUT2D eigenvalue weighted by Crippen LogP contribution is -2.26. The summed E-state index contributed by atoms with van der Waals surface area (Å²) in [7, 11) is 0. The molecular formula is C22H20Cl2O7. The van der Waals surface area contributed by atoms with Crippen LogP contribution >= 0.6 is 23.2 Å². The Bertz CT molecular complexity index is 814. The highest BCUT2D eigenvalue weighted by Crippen LogP contribution is 2.26. The van der Waals surface area contributed by atoms with Crippen LogP contribution < -0.4 is 0 Å². The van der Waals surface area contributed by atoms with Gasteiger partial charge >= 0.3 is 22.8 Å². The number of carbonyl (C=O) groups excluding carboxylic acids is 4. The first-order valence-electron chi connectivity index (χ1n) is 9.38. The number of esters is 2. The lowest BCUT2D eigenvalue weighted by Gasteiger charge is -2.19. The van der Waals surface area contributed by atoms with E-state index in [-0.39, 0.29) is 26.1 Å². The van der Waals surface area contributed by atoms with E-state index in [4.69, 9.17) is 37.4 Å².